The number of carbonyl (C=O) groups excluding carboxylic acids is 1. The van der Waals surface area contributed by atoms with Crippen LogP contribution in [0.15, 0.2) is 30.6 Å². The molecule has 0 unspecified atom stereocenters. The van der Waals surface area contributed by atoms with Crippen molar-refractivity contribution >= 4 is 29.0 Å². The molecule has 0 aliphatic heterocycles. The van der Waals surface area contributed by atoms with Crippen LogP contribution in [0.25, 0.3) is 0 Å². The molecule has 0 aliphatic carbocycles. The number of aromatic nitrogens is 2. The fourth-order valence-electron chi connectivity index (χ4n) is 1.50. The maximum absolute atomic E-state index is 13.5. The van der Waals surface area contributed by atoms with E-state index in [9.17, 15) is 9.18 Å². The summed E-state index contributed by atoms with van der Waals surface area (Å²) in [6.07, 6.45) is 2.75. The Balaban J connectivity index is 2.13. The molecule has 0 fully saturated rings. The zero-order chi connectivity index (χ0) is 14.5. The maximum atomic E-state index is 13.5. The number of halogens is 2. The first kappa shape index (κ1) is 14.2. The van der Waals surface area contributed by atoms with Crippen LogP contribution in [0.1, 0.15) is 17.4 Å². The number of amides is 1. The molecule has 1 aromatic heterocycles. The molecule has 0 bridgehead atoms. The van der Waals surface area contributed by atoms with E-state index in [0.29, 0.717) is 17.4 Å². The molecule has 1 aromatic carbocycles. The van der Waals surface area contributed by atoms with Crippen molar-refractivity contribution in [2.24, 2.45) is 0 Å². The van der Waals surface area contributed by atoms with Crippen LogP contribution in [-0.4, -0.2) is 22.4 Å². The van der Waals surface area contributed by atoms with Crippen molar-refractivity contribution in [3.05, 3.63) is 47.1 Å². The van der Waals surface area contributed by atoms with Gasteiger partial charge in [0.05, 0.1) is 18.1 Å². The zero-order valence-corrected chi connectivity index (χ0v) is 11.4. The van der Waals surface area contributed by atoms with Gasteiger partial charge in [0.1, 0.15) is 17.3 Å². The maximum Gasteiger partial charge on any atom is 0.275 e. The molecule has 5 nitrogen and oxygen atoms in total. The lowest BCUT2D eigenvalue weighted by molar-refractivity contribution is 0.102. The zero-order valence-electron chi connectivity index (χ0n) is 10.7. The van der Waals surface area contributed by atoms with E-state index in [0.717, 1.165) is 0 Å². The number of anilines is 2. The molecule has 0 atom stereocenters. The summed E-state index contributed by atoms with van der Waals surface area (Å²) in [4.78, 5) is 19.9. The van der Waals surface area contributed by atoms with E-state index >= 15 is 0 Å². The number of rotatable bonds is 4. The van der Waals surface area contributed by atoms with Crippen LogP contribution in [0.5, 0.6) is 0 Å². The molecule has 20 heavy (non-hydrogen) atoms. The summed E-state index contributed by atoms with van der Waals surface area (Å²) in [7, 11) is 0. The molecule has 2 aromatic rings. The first-order valence-corrected chi connectivity index (χ1v) is 6.30. The topological polar surface area (TPSA) is 66.9 Å². The Morgan fingerprint density at radius 2 is 2.15 bits per heavy atom. The van der Waals surface area contributed by atoms with Gasteiger partial charge in [-0.25, -0.2) is 14.4 Å². The highest BCUT2D eigenvalue weighted by atomic mass is 35.5. The van der Waals surface area contributed by atoms with E-state index in [1.165, 1.54) is 30.6 Å². The minimum Gasteiger partial charge on any atom is -0.369 e. The molecule has 0 saturated carbocycles. The van der Waals surface area contributed by atoms with Crippen molar-refractivity contribution in [1.29, 1.82) is 0 Å². The van der Waals surface area contributed by atoms with Gasteiger partial charge in [0.25, 0.3) is 5.91 Å². The number of hydrogen-bond donors (Lipinski definition) is 2. The van der Waals surface area contributed by atoms with Gasteiger partial charge >= 0.3 is 0 Å². The number of hydrogen-bond acceptors (Lipinski definition) is 4. The molecule has 1 heterocycles. The van der Waals surface area contributed by atoms with Crippen LogP contribution in [0.3, 0.4) is 0 Å². The van der Waals surface area contributed by atoms with E-state index in [2.05, 4.69) is 20.6 Å². The lowest BCUT2D eigenvalue weighted by atomic mass is 10.3. The largest absolute Gasteiger partial charge is 0.369 e. The van der Waals surface area contributed by atoms with E-state index in [1.807, 2.05) is 6.92 Å². The van der Waals surface area contributed by atoms with Crippen molar-refractivity contribution < 1.29 is 9.18 Å². The fourth-order valence-corrected chi connectivity index (χ4v) is 1.67. The smallest absolute Gasteiger partial charge is 0.275 e. The Labute approximate surface area is 120 Å². The van der Waals surface area contributed by atoms with Crippen molar-refractivity contribution in [1.82, 2.24) is 9.97 Å². The number of carbonyl (C=O) groups is 1. The first-order chi connectivity index (χ1) is 9.60. The van der Waals surface area contributed by atoms with Crippen molar-refractivity contribution in [3.8, 4) is 0 Å². The van der Waals surface area contributed by atoms with Gasteiger partial charge in [0.2, 0.25) is 0 Å². The average Bonchev–Trinajstić information content (AvgIpc) is 2.44. The summed E-state index contributed by atoms with van der Waals surface area (Å²) in [6.45, 7) is 2.62. The number of benzene rings is 1. The molecule has 0 radical (unpaired) electrons. The van der Waals surface area contributed by atoms with Crippen LogP contribution < -0.4 is 10.6 Å². The molecule has 0 aliphatic rings. The van der Waals surface area contributed by atoms with Gasteiger partial charge in [-0.3, -0.25) is 4.79 Å². The minimum absolute atomic E-state index is 0.0000553. The third kappa shape index (κ3) is 3.42. The summed E-state index contributed by atoms with van der Waals surface area (Å²) < 4.78 is 13.5. The molecule has 1 amide bonds. The molecule has 2 N–H and O–H groups in total. The second-order valence-corrected chi connectivity index (χ2v) is 4.33. The molecule has 0 saturated heterocycles. The Morgan fingerprint density at radius 3 is 2.80 bits per heavy atom. The monoisotopic (exact) mass is 294 g/mol. The third-order valence-electron chi connectivity index (χ3n) is 2.42. The van der Waals surface area contributed by atoms with E-state index in [1.54, 1.807) is 0 Å². The Hall–Kier alpha value is -2.21. The van der Waals surface area contributed by atoms with Crippen molar-refractivity contribution in [2.75, 3.05) is 17.2 Å². The lowest BCUT2D eigenvalue weighted by Gasteiger charge is -2.07. The van der Waals surface area contributed by atoms with Gasteiger partial charge in [0.15, 0.2) is 0 Å². The minimum atomic E-state index is -0.569. The normalized spacial score (nSPS) is 10.2. The standard InChI is InChI=1S/C13H12ClFN4O/c1-2-16-12-7-17-11(6-18-12)13(20)19-10-5-8(14)3-4-9(10)15/h3-7H,2H2,1H3,(H,16,18)(H,19,20). The van der Waals surface area contributed by atoms with Gasteiger partial charge in [-0.05, 0) is 25.1 Å². The Bertz CT molecular complexity index is 618. The Kier molecular flexibility index (Phi) is 4.47. The Morgan fingerprint density at radius 1 is 1.35 bits per heavy atom. The predicted molar refractivity (Wildman–Crippen MR) is 75.6 cm³/mol. The number of nitrogens with one attached hydrogen (secondary N) is 2. The highest BCUT2D eigenvalue weighted by Gasteiger charge is 2.11. The highest BCUT2D eigenvalue weighted by Crippen LogP contribution is 2.20. The van der Waals surface area contributed by atoms with Gasteiger partial charge in [0, 0.05) is 11.6 Å². The fraction of sp³-hybridized carbons (Fsp3) is 0.154. The average molecular weight is 295 g/mol. The SMILES string of the molecule is CCNc1cnc(C(=O)Nc2cc(Cl)ccc2F)cn1. The second kappa shape index (κ2) is 6.29. The summed E-state index contributed by atoms with van der Waals surface area (Å²) in [5, 5.41) is 5.68. The van der Waals surface area contributed by atoms with Gasteiger partial charge in [-0.15, -0.1) is 0 Å². The predicted octanol–water partition coefficient (Wildman–Crippen LogP) is 2.95. The third-order valence-corrected chi connectivity index (χ3v) is 2.65. The van der Waals surface area contributed by atoms with E-state index in [4.69, 9.17) is 11.6 Å². The molecular formula is C13H12ClFN4O. The molecule has 7 heteroatoms. The summed E-state index contributed by atoms with van der Waals surface area (Å²) >= 11 is 5.75. The van der Waals surface area contributed by atoms with Crippen LogP contribution in [0, 0.1) is 5.82 Å². The van der Waals surface area contributed by atoms with E-state index in [-0.39, 0.29) is 11.4 Å². The van der Waals surface area contributed by atoms with Crippen LogP contribution >= 0.6 is 11.6 Å². The van der Waals surface area contributed by atoms with E-state index < -0.39 is 11.7 Å². The highest BCUT2D eigenvalue weighted by molar-refractivity contribution is 6.31. The van der Waals surface area contributed by atoms with Gasteiger partial charge in [-0.2, -0.15) is 0 Å². The van der Waals surface area contributed by atoms with Gasteiger partial charge in [-0.1, -0.05) is 11.6 Å². The van der Waals surface area contributed by atoms with Gasteiger partial charge < -0.3 is 10.6 Å². The van der Waals surface area contributed by atoms with Crippen LogP contribution in [-0.2, 0) is 0 Å². The quantitative estimate of drug-likeness (QED) is 0.910. The summed E-state index contributed by atoms with van der Waals surface area (Å²) in [5.41, 5.74) is 0.0890. The molecular weight excluding hydrogens is 283 g/mol. The summed E-state index contributed by atoms with van der Waals surface area (Å²) in [5.74, 6) is -0.556. The second-order valence-electron chi connectivity index (χ2n) is 3.90. The number of nitrogens with zero attached hydrogens (tertiary/aromatic N) is 2. The molecule has 104 valence electrons. The van der Waals surface area contributed by atoms with Crippen molar-refractivity contribution in [3.63, 3.8) is 0 Å². The van der Waals surface area contributed by atoms with Crippen LogP contribution in [0.2, 0.25) is 5.02 Å². The first-order valence-electron chi connectivity index (χ1n) is 5.92. The summed E-state index contributed by atoms with van der Waals surface area (Å²) in [6, 6.07) is 3.91. The van der Waals surface area contributed by atoms with Crippen LogP contribution in [0.4, 0.5) is 15.9 Å². The molecule has 2 rings (SSSR count). The molecule has 0 spiro atoms. The van der Waals surface area contributed by atoms with Crippen molar-refractivity contribution in [2.45, 2.75) is 6.92 Å². The lowest BCUT2D eigenvalue weighted by Crippen LogP contribution is -2.15.